The standard InChI is InChI=1S/C14H12NO/c1-10(8-14(15)16)12-7-6-11-4-2-3-5-13(11)9-12/h2-9,15H,1H3/b10-8+. The first-order valence-corrected chi connectivity index (χ1v) is 5.10. The summed E-state index contributed by atoms with van der Waals surface area (Å²) in [6.45, 7) is 1.84. The van der Waals surface area contributed by atoms with E-state index >= 15 is 0 Å². The summed E-state index contributed by atoms with van der Waals surface area (Å²) in [7, 11) is 0. The first-order valence-electron chi connectivity index (χ1n) is 5.10. The predicted molar refractivity (Wildman–Crippen MR) is 65.7 cm³/mol. The van der Waals surface area contributed by atoms with E-state index in [2.05, 4.69) is 0 Å². The Labute approximate surface area is 94.4 Å². The summed E-state index contributed by atoms with van der Waals surface area (Å²) >= 11 is 0. The molecule has 2 nitrogen and oxygen atoms in total. The number of carbonyl (C=O) groups excluding carboxylic acids is 1. The topological polar surface area (TPSA) is 40.9 Å². The SMILES string of the molecule is C/C(=C\C([NH])=O)c1ccc2ccccc2c1. The van der Waals surface area contributed by atoms with E-state index in [1.54, 1.807) is 0 Å². The zero-order valence-electron chi connectivity index (χ0n) is 9.03. The zero-order chi connectivity index (χ0) is 11.5. The van der Waals surface area contributed by atoms with Gasteiger partial charge in [0.05, 0.1) is 0 Å². The number of benzene rings is 2. The summed E-state index contributed by atoms with van der Waals surface area (Å²) in [4.78, 5) is 10.7. The van der Waals surface area contributed by atoms with Gasteiger partial charge in [-0.1, -0.05) is 36.4 Å². The summed E-state index contributed by atoms with van der Waals surface area (Å²) in [6.07, 6.45) is 1.34. The second-order valence-corrected chi connectivity index (χ2v) is 3.75. The lowest BCUT2D eigenvalue weighted by molar-refractivity contribution is -0.114. The molecule has 0 aromatic heterocycles. The highest BCUT2D eigenvalue weighted by Crippen LogP contribution is 2.20. The van der Waals surface area contributed by atoms with Crippen LogP contribution in [0.5, 0.6) is 0 Å². The van der Waals surface area contributed by atoms with Crippen LogP contribution in [0.1, 0.15) is 12.5 Å². The van der Waals surface area contributed by atoms with Crippen LogP contribution in [0.4, 0.5) is 0 Å². The Balaban J connectivity index is 2.51. The summed E-state index contributed by atoms with van der Waals surface area (Å²) in [6, 6.07) is 14.1. The van der Waals surface area contributed by atoms with E-state index in [1.165, 1.54) is 11.5 Å². The fourth-order valence-corrected chi connectivity index (χ4v) is 1.71. The summed E-state index contributed by atoms with van der Waals surface area (Å²) in [5.74, 6) is -0.661. The molecule has 0 spiro atoms. The lowest BCUT2D eigenvalue weighted by atomic mass is 10.0. The van der Waals surface area contributed by atoms with Gasteiger partial charge in [-0.3, -0.25) is 10.5 Å². The quantitative estimate of drug-likeness (QED) is 0.702. The smallest absolute Gasteiger partial charge is 0.262 e. The van der Waals surface area contributed by atoms with Gasteiger partial charge < -0.3 is 0 Å². The number of hydrogen-bond donors (Lipinski definition) is 0. The van der Waals surface area contributed by atoms with E-state index in [4.69, 9.17) is 5.73 Å². The van der Waals surface area contributed by atoms with Crippen molar-refractivity contribution < 1.29 is 4.79 Å². The van der Waals surface area contributed by atoms with E-state index in [0.717, 1.165) is 16.5 Å². The molecule has 0 bridgehead atoms. The fourth-order valence-electron chi connectivity index (χ4n) is 1.71. The maximum Gasteiger partial charge on any atom is 0.262 e. The number of fused-ring (bicyclic) bond motifs is 1. The maximum atomic E-state index is 10.7. The number of nitrogens with one attached hydrogen (secondary N) is 1. The molecule has 0 aliphatic heterocycles. The van der Waals surface area contributed by atoms with Crippen LogP contribution in [-0.4, -0.2) is 5.91 Å². The third-order valence-electron chi connectivity index (χ3n) is 2.55. The van der Waals surface area contributed by atoms with Crippen LogP contribution in [0, 0.1) is 0 Å². The van der Waals surface area contributed by atoms with E-state index < -0.39 is 5.91 Å². The Bertz CT molecular complexity index is 570. The Hall–Kier alpha value is -2.09. The van der Waals surface area contributed by atoms with E-state index in [-0.39, 0.29) is 0 Å². The van der Waals surface area contributed by atoms with Crippen LogP contribution < -0.4 is 5.73 Å². The van der Waals surface area contributed by atoms with Crippen LogP contribution in [0.3, 0.4) is 0 Å². The van der Waals surface area contributed by atoms with Crippen molar-refractivity contribution in [3.63, 3.8) is 0 Å². The molecule has 16 heavy (non-hydrogen) atoms. The normalized spacial score (nSPS) is 11.7. The minimum absolute atomic E-state index is 0.661. The molecule has 1 radical (unpaired) electrons. The third-order valence-corrected chi connectivity index (χ3v) is 2.55. The fraction of sp³-hybridized carbons (Fsp3) is 0.0714. The molecule has 2 aromatic rings. The number of carbonyl (C=O) groups is 1. The van der Waals surface area contributed by atoms with Gasteiger partial charge in [0.25, 0.3) is 5.91 Å². The third kappa shape index (κ3) is 2.11. The van der Waals surface area contributed by atoms with Crippen molar-refractivity contribution in [1.29, 1.82) is 0 Å². The van der Waals surface area contributed by atoms with Gasteiger partial charge >= 0.3 is 0 Å². The highest BCUT2D eigenvalue weighted by molar-refractivity contribution is 5.94. The molecular formula is C14H12NO. The summed E-state index contributed by atoms with van der Waals surface area (Å²) in [5.41, 5.74) is 8.72. The molecule has 0 unspecified atom stereocenters. The molecule has 0 heterocycles. The Kier molecular flexibility index (Phi) is 2.73. The Morgan fingerprint density at radius 3 is 2.50 bits per heavy atom. The summed E-state index contributed by atoms with van der Waals surface area (Å²) < 4.78 is 0. The zero-order valence-corrected chi connectivity index (χ0v) is 9.03. The average molecular weight is 210 g/mol. The van der Waals surface area contributed by atoms with Gasteiger partial charge in [-0.15, -0.1) is 0 Å². The summed E-state index contributed by atoms with van der Waals surface area (Å²) in [5, 5.41) is 2.32. The van der Waals surface area contributed by atoms with Crippen molar-refractivity contribution in [2.75, 3.05) is 0 Å². The van der Waals surface area contributed by atoms with Gasteiger partial charge in [0.1, 0.15) is 0 Å². The molecule has 1 N–H and O–H groups in total. The lowest BCUT2D eigenvalue weighted by Gasteiger charge is -2.03. The number of amides is 1. The van der Waals surface area contributed by atoms with Gasteiger partial charge in [-0.2, -0.15) is 0 Å². The van der Waals surface area contributed by atoms with E-state index in [1.807, 2.05) is 49.4 Å². The molecular weight excluding hydrogens is 198 g/mol. The second kappa shape index (κ2) is 4.19. The Morgan fingerprint density at radius 1 is 1.12 bits per heavy atom. The molecule has 79 valence electrons. The molecule has 2 aromatic carbocycles. The van der Waals surface area contributed by atoms with Gasteiger partial charge in [-0.05, 0) is 34.9 Å². The van der Waals surface area contributed by atoms with Crippen LogP contribution >= 0.6 is 0 Å². The number of rotatable bonds is 2. The van der Waals surface area contributed by atoms with Crippen LogP contribution in [-0.2, 0) is 4.79 Å². The van der Waals surface area contributed by atoms with Crippen molar-refractivity contribution in [3.05, 3.63) is 54.1 Å². The molecule has 2 heteroatoms. The molecule has 0 saturated carbocycles. The van der Waals surface area contributed by atoms with Crippen molar-refractivity contribution in [2.45, 2.75) is 6.92 Å². The van der Waals surface area contributed by atoms with E-state index in [9.17, 15) is 4.79 Å². The second-order valence-electron chi connectivity index (χ2n) is 3.75. The molecule has 0 aliphatic rings. The first kappa shape index (κ1) is 10.4. The van der Waals surface area contributed by atoms with Crippen molar-refractivity contribution in [1.82, 2.24) is 5.73 Å². The minimum Gasteiger partial charge on any atom is -0.268 e. The van der Waals surface area contributed by atoms with Gasteiger partial charge in [-0.25, -0.2) is 0 Å². The van der Waals surface area contributed by atoms with Gasteiger partial charge in [0, 0.05) is 6.08 Å². The van der Waals surface area contributed by atoms with Gasteiger partial charge in [0.15, 0.2) is 0 Å². The molecule has 0 aliphatic carbocycles. The monoisotopic (exact) mass is 210 g/mol. The van der Waals surface area contributed by atoms with Crippen molar-refractivity contribution >= 4 is 22.3 Å². The molecule has 0 fully saturated rings. The molecule has 2 rings (SSSR count). The first-order chi connectivity index (χ1) is 7.66. The highest BCUT2D eigenvalue weighted by atomic mass is 16.1. The average Bonchev–Trinajstić information content (AvgIpc) is 2.27. The predicted octanol–water partition coefficient (Wildman–Crippen LogP) is 3.05. The van der Waals surface area contributed by atoms with E-state index in [0.29, 0.717) is 0 Å². The number of allylic oxidation sites excluding steroid dienone is 1. The molecule has 0 atom stereocenters. The minimum atomic E-state index is -0.661. The number of hydrogen-bond acceptors (Lipinski definition) is 1. The van der Waals surface area contributed by atoms with Crippen LogP contribution in [0.2, 0.25) is 0 Å². The maximum absolute atomic E-state index is 10.7. The van der Waals surface area contributed by atoms with Crippen LogP contribution in [0.15, 0.2) is 48.5 Å². The van der Waals surface area contributed by atoms with Crippen LogP contribution in [0.25, 0.3) is 16.3 Å². The molecule has 1 amide bonds. The highest BCUT2D eigenvalue weighted by Gasteiger charge is 1.99. The molecule has 0 saturated heterocycles. The largest absolute Gasteiger partial charge is 0.268 e. The Morgan fingerprint density at radius 2 is 1.81 bits per heavy atom. The lowest BCUT2D eigenvalue weighted by Crippen LogP contribution is -1.92. The van der Waals surface area contributed by atoms with Crippen molar-refractivity contribution in [2.24, 2.45) is 0 Å². The van der Waals surface area contributed by atoms with Gasteiger partial charge in [0.2, 0.25) is 0 Å². The van der Waals surface area contributed by atoms with Crippen molar-refractivity contribution in [3.8, 4) is 0 Å².